The van der Waals surface area contributed by atoms with Crippen LogP contribution in [0.3, 0.4) is 0 Å². The van der Waals surface area contributed by atoms with Crippen molar-refractivity contribution in [2.45, 2.75) is 25.7 Å². The minimum atomic E-state index is 0.250. The van der Waals surface area contributed by atoms with Crippen LogP contribution in [0.4, 0.5) is 5.69 Å². The average Bonchev–Trinajstić information content (AvgIpc) is 2.44. The van der Waals surface area contributed by atoms with Crippen LogP contribution in [0.1, 0.15) is 25.8 Å². The molecule has 3 rings (SSSR count). The molecule has 0 N–H and O–H groups in total. The van der Waals surface area contributed by atoms with Crippen molar-refractivity contribution < 1.29 is 0 Å². The van der Waals surface area contributed by atoms with Crippen LogP contribution in [0.15, 0.2) is 42.7 Å². The zero-order chi connectivity index (χ0) is 13.5. The molecule has 1 aliphatic heterocycles. The number of benzene rings is 1. The molecule has 2 heterocycles. The molecule has 1 aliphatic rings. The Hall–Kier alpha value is -1.83. The lowest BCUT2D eigenvalue weighted by molar-refractivity contribution is 0.462. The number of fused-ring (bicyclic) bond motifs is 1. The van der Waals surface area contributed by atoms with E-state index < -0.39 is 0 Å². The third-order valence-corrected chi connectivity index (χ3v) is 4.20. The van der Waals surface area contributed by atoms with Crippen LogP contribution in [-0.2, 0) is 5.41 Å². The Kier molecular flexibility index (Phi) is 2.81. The lowest BCUT2D eigenvalue weighted by Crippen LogP contribution is -2.34. The molecule has 0 atom stereocenters. The quantitative estimate of drug-likeness (QED) is 0.766. The van der Waals surface area contributed by atoms with Gasteiger partial charge in [0.15, 0.2) is 0 Å². The molecule has 98 valence electrons. The van der Waals surface area contributed by atoms with Crippen molar-refractivity contribution in [2.24, 2.45) is 0 Å². The summed E-state index contributed by atoms with van der Waals surface area (Å²) in [6.45, 7) is 5.81. The van der Waals surface area contributed by atoms with Gasteiger partial charge in [-0.25, -0.2) is 0 Å². The molecule has 0 spiro atoms. The molecular weight excluding hydrogens is 232 g/mol. The van der Waals surface area contributed by atoms with Gasteiger partial charge in [0.1, 0.15) is 0 Å². The van der Waals surface area contributed by atoms with E-state index in [0.29, 0.717) is 0 Å². The fraction of sp³-hybridized carbons (Fsp3) is 0.353. The molecule has 0 unspecified atom stereocenters. The molecule has 1 aromatic carbocycles. The molecule has 0 aliphatic carbocycles. The van der Waals surface area contributed by atoms with Crippen molar-refractivity contribution in [2.75, 3.05) is 18.5 Å². The number of hydrogen-bond donors (Lipinski definition) is 0. The normalized spacial score (nSPS) is 17.1. The first-order valence-corrected chi connectivity index (χ1v) is 6.84. The van der Waals surface area contributed by atoms with Gasteiger partial charge in [-0.1, -0.05) is 26.0 Å². The number of pyridine rings is 1. The number of aromatic nitrogens is 1. The van der Waals surface area contributed by atoms with E-state index in [1.807, 2.05) is 18.5 Å². The standard InChI is InChI=1S/C17H20N2/c1-17(2)8-10-19(3)16-7-6-13(11-15(16)17)14-5-4-9-18-12-14/h4-7,9,11-12H,8,10H2,1-3H3. The average molecular weight is 252 g/mol. The van der Waals surface area contributed by atoms with Gasteiger partial charge in [0, 0.05) is 31.7 Å². The van der Waals surface area contributed by atoms with Gasteiger partial charge in [-0.05, 0) is 46.7 Å². The Labute approximate surface area is 115 Å². The minimum absolute atomic E-state index is 0.250. The second kappa shape index (κ2) is 4.37. The second-order valence-corrected chi connectivity index (χ2v) is 6.03. The summed E-state index contributed by atoms with van der Waals surface area (Å²) in [7, 11) is 2.18. The highest BCUT2D eigenvalue weighted by molar-refractivity contribution is 5.70. The molecule has 2 heteroatoms. The number of anilines is 1. The summed E-state index contributed by atoms with van der Waals surface area (Å²) in [6.07, 6.45) is 4.95. The van der Waals surface area contributed by atoms with Crippen LogP contribution < -0.4 is 4.90 Å². The monoisotopic (exact) mass is 252 g/mol. The molecule has 2 aromatic rings. The fourth-order valence-electron chi connectivity index (χ4n) is 2.83. The van der Waals surface area contributed by atoms with Crippen LogP contribution in [0.2, 0.25) is 0 Å². The molecule has 0 saturated carbocycles. The maximum absolute atomic E-state index is 4.21. The predicted octanol–water partition coefficient (Wildman–Crippen LogP) is 3.87. The summed E-state index contributed by atoms with van der Waals surface area (Å²) in [6, 6.07) is 10.9. The zero-order valence-electron chi connectivity index (χ0n) is 11.9. The van der Waals surface area contributed by atoms with E-state index >= 15 is 0 Å². The van der Waals surface area contributed by atoms with Gasteiger partial charge in [-0.3, -0.25) is 4.98 Å². The van der Waals surface area contributed by atoms with E-state index in [4.69, 9.17) is 0 Å². The molecule has 1 aromatic heterocycles. The van der Waals surface area contributed by atoms with Crippen molar-refractivity contribution >= 4 is 5.69 Å². The first kappa shape index (κ1) is 12.2. The summed E-state index contributed by atoms with van der Waals surface area (Å²) in [4.78, 5) is 6.57. The van der Waals surface area contributed by atoms with Gasteiger partial charge in [0.05, 0.1) is 0 Å². The van der Waals surface area contributed by atoms with Crippen LogP contribution >= 0.6 is 0 Å². The number of rotatable bonds is 1. The Morgan fingerprint density at radius 2 is 2.00 bits per heavy atom. The molecule has 2 nitrogen and oxygen atoms in total. The fourth-order valence-corrected chi connectivity index (χ4v) is 2.83. The van der Waals surface area contributed by atoms with Crippen molar-refractivity contribution in [3.63, 3.8) is 0 Å². The molecule has 19 heavy (non-hydrogen) atoms. The summed E-state index contributed by atoms with van der Waals surface area (Å²) in [5.74, 6) is 0. The Morgan fingerprint density at radius 1 is 1.16 bits per heavy atom. The van der Waals surface area contributed by atoms with Crippen molar-refractivity contribution in [3.8, 4) is 11.1 Å². The van der Waals surface area contributed by atoms with Gasteiger partial charge in [-0.15, -0.1) is 0 Å². The van der Waals surface area contributed by atoms with E-state index in [9.17, 15) is 0 Å². The van der Waals surface area contributed by atoms with Crippen LogP contribution in [0.5, 0.6) is 0 Å². The molecule has 0 radical (unpaired) electrons. The minimum Gasteiger partial charge on any atom is -0.374 e. The third kappa shape index (κ3) is 2.12. The van der Waals surface area contributed by atoms with E-state index in [2.05, 4.69) is 55.0 Å². The maximum Gasteiger partial charge on any atom is 0.0402 e. The van der Waals surface area contributed by atoms with E-state index in [0.717, 1.165) is 6.54 Å². The van der Waals surface area contributed by atoms with Gasteiger partial charge in [-0.2, -0.15) is 0 Å². The molecule has 0 saturated heterocycles. The van der Waals surface area contributed by atoms with Crippen molar-refractivity contribution in [1.82, 2.24) is 4.98 Å². The van der Waals surface area contributed by atoms with Crippen molar-refractivity contribution in [1.29, 1.82) is 0 Å². The van der Waals surface area contributed by atoms with Gasteiger partial charge in [0.2, 0.25) is 0 Å². The highest BCUT2D eigenvalue weighted by Gasteiger charge is 2.29. The van der Waals surface area contributed by atoms with E-state index in [1.54, 1.807) is 0 Å². The van der Waals surface area contributed by atoms with Gasteiger partial charge < -0.3 is 4.90 Å². The molecule has 0 bridgehead atoms. The van der Waals surface area contributed by atoms with Crippen molar-refractivity contribution in [3.05, 3.63) is 48.3 Å². The second-order valence-electron chi connectivity index (χ2n) is 6.03. The lowest BCUT2D eigenvalue weighted by atomic mass is 9.77. The van der Waals surface area contributed by atoms with Gasteiger partial charge >= 0.3 is 0 Å². The van der Waals surface area contributed by atoms with Gasteiger partial charge in [0.25, 0.3) is 0 Å². The SMILES string of the molecule is CN1CCC(C)(C)c2cc(-c3cccnc3)ccc21. The third-order valence-electron chi connectivity index (χ3n) is 4.20. The highest BCUT2D eigenvalue weighted by Crippen LogP contribution is 2.40. The summed E-state index contributed by atoms with van der Waals surface area (Å²) in [5.41, 5.74) is 5.51. The van der Waals surface area contributed by atoms with Crippen LogP contribution in [-0.4, -0.2) is 18.6 Å². The molecule has 0 amide bonds. The Bertz CT molecular complexity index is 587. The number of hydrogen-bond acceptors (Lipinski definition) is 2. The highest BCUT2D eigenvalue weighted by atomic mass is 15.1. The van der Waals surface area contributed by atoms with E-state index in [-0.39, 0.29) is 5.41 Å². The molecular formula is C17H20N2. The first-order valence-electron chi connectivity index (χ1n) is 6.84. The van der Waals surface area contributed by atoms with E-state index in [1.165, 1.54) is 28.8 Å². The lowest BCUT2D eigenvalue weighted by Gasteiger charge is -2.38. The number of nitrogens with zero attached hydrogens (tertiary/aromatic N) is 2. The predicted molar refractivity (Wildman–Crippen MR) is 80.6 cm³/mol. The molecule has 0 fully saturated rings. The maximum atomic E-state index is 4.21. The first-order chi connectivity index (χ1) is 9.08. The smallest absolute Gasteiger partial charge is 0.0402 e. The van der Waals surface area contributed by atoms with Crippen LogP contribution in [0, 0.1) is 0 Å². The summed E-state index contributed by atoms with van der Waals surface area (Å²) in [5, 5.41) is 0. The van der Waals surface area contributed by atoms with Crippen LogP contribution in [0.25, 0.3) is 11.1 Å². The Balaban J connectivity index is 2.13. The summed E-state index contributed by atoms with van der Waals surface area (Å²) >= 11 is 0. The summed E-state index contributed by atoms with van der Waals surface area (Å²) < 4.78 is 0. The largest absolute Gasteiger partial charge is 0.374 e. The Morgan fingerprint density at radius 3 is 2.74 bits per heavy atom. The topological polar surface area (TPSA) is 16.1 Å². The zero-order valence-corrected chi connectivity index (χ0v) is 11.9.